The van der Waals surface area contributed by atoms with E-state index in [1.165, 1.54) is 0 Å². The summed E-state index contributed by atoms with van der Waals surface area (Å²) in [7, 11) is 0. The summed E-state index contributed by atoms with van der Waals surface area (Å²) in [6, 6.07) is 4.00. The molecule has 1 aliphatic rings. The largest absolute Gasteiger partial charge is 0.490 e. The van der Waals surface area contributed by atoms with Crippen molar-refractivity contribution >= 4 is 39.2 Å². The molecule has 1 atom stereocenters. The molecule has 7 nitrogen and oxygen atoms in total. The number of thiophene rings is 1. The molecule has 3 rings (SSSR count). The van der Waals surface area contributed by atoms with E-state index in [0.29, 0.717) is 19.5 Å². The Morgan fingerprint density at radius 1 is 1.42 bits per heavy atom. The highest BCUT2D eigenvalue weighted by molar-refractivity contribution is 7.19. The van der Waals surface area contributed by atoms with Crippen LogP contribution in [-0.4, -0.2) is 45.5 Å². The van der Waals surface area contributed by atoms with E-state index in [1.54, 1.807) is 22.4 Å². The average Bonchev–Trinajstić information content (AvgIpc) is 3.11. The van der Waals surface area contributed by atoms with Crippen LogP contribution < -0.4 is 5.73 Å². The maximum Gasteiger partial charge on any atom is 0.490 e. The van der Waals surface area contributed by atoms with Gasteiger partial charge in [-0.3, -0.25) is 14.6 Å². The number of aliphatic carboxylic acids is 1. The Morgan fingerprint density at radius 3 is 2.58 bits per heavy atom. The Balaban J connectivity index is 0.000000298. The first-order chi connectivity index (χ1) is 12.1. The highest BCUT2D eigenvalue weighted by Gasteiger charge is 2.38. The maximum atomic E-state index is 12.0. The van der Waals surface area contributed by atoms with E-state index in [0.717, 1.165) is 15.0 Å². The minimum Gasteiger partial charge on any atom is -0.475 e. The fourth-order valence-electron chi connectivity index (χ4n) is 2.37. The number of pyridine rings is 1. The van der Waals surface area contributed by atoms with Crippen LogP contribution in [0.2, 0.25) is 0 Å². The monoisotopic (exact) mass is 389 g/mol. The van der Waals surface area contributed by atoms with Crippen molar-refractivity contribution < 1.29 is 32.7 Å². The van der Waals surface area contributed by atoms with Crippen molar-refractivity contribution in [1.82, 2.24) is 9.88 Å². The summed E-state index contributed by atoms with van der Waals surface area (Å²) in [6.45, 7) is 1.14. The Bertz CT molecular complexity index is 804. The average molecular weight is 389 g/mol. The lowest BCUT2D eigenvalue weighted by molar-refractivity contribution is -0.192. The molecule has 0 spiro atoms. The first kappa shape index (κ1) is 19.6. The van der Waals surface area contributed by atoms with Crippen molar-refractivity contribution in [3.63, 3.8) is 0 Å². The van der Waals surface area contributed by atoms with E-state index in [4.69, 9.17) is 15.6 Å². The molecule has 26 heavy (non-hydrogen) atoms. The van der Waals surface area contributed by atoms with Gasteiger partial charge in [0.15, 0.2) is 0 Å². The normalized spacial score (nSPS) is 17.1. The van der Waals surface area contributed by atoms with E-state index >= 15 is 0 Å². The van der Waals surface area contributed by atoms with Gasteiger partial charge >= 0.3 is 12.1 Å². The molecule has 3 N–H and O–H groups in total. The molecule has 3 heterocycles. The van der Waals surface area contributed by atoms with Crippen molar-refractivity contribution in [3.8, 4) is 0 Å². The van der Waals surface area contributed by atoms with Gasteiger partial charge in [-0.05, 0) is 18.6 Å². The molecule has 1 saturated heterocycles. The van der Waals surface area contributed by atoms with E-state index in [-0.39, 0.29) is 5.91 Å². The van der Waals surface area contributed by atoms with Crippen LogP contribution >= 0.6 is 11.3 Å². The van der Waals surface area contributed by atoms with Crippen LogP contribution in [0.4, 0.5) is 13.2 Å². The molecular weight excluding hydrogens is 375 g/mol. The van der Waals surface area contributed by atoms with Gasteiger partial charge in [0.1, 0.15) is 5.92 Å². The van der Waals surface area contributed by atoms with Crippen LogP contribution in [0, 0.1) is 5.92 Å². The fraction of sp³-hybridized carbons (Fsp3) is 0.333. The smallest absolute Gasteiger partial charge is 0.475 e. The lowest BCUT2D eigenvalue weighted by atomic mass is 10.1. The quantitative estimate of drug-likeness (QED) is 0.777. The molecular formula is C15H14F3N3O4S. The Hall–Kier alpha value is -2.69. The number of carbonyl (C=O) groups is 3. The Labute approximate surface area is 149 Å². The summed E-state index contributed by atoms with van der Waals surface area (Å²) in [6.07, 6.45) is -0.985. The summed E-state index contributed by atoms with van der Waals surface area (Å²) in [5.74, 6) is -4.07. The number of carbonyl (C=O) groups excluding carboxylic acids is 2. The molecule has 140 valence electrons. The van der Waals surface area contributed by atoms with Gasteiger partial charge in [0.05, 0.1) is 6.54 Å². The first-order valence-electron chi connectivity index (χ1n) is 7.30. The zero-order valence-electron chi connectivity index (χ0n) is 13.2. The van der Waals surface area contributed by atoms with Crippen molar-refractivity contribution in [2.75, 3.05) is 6.54 Å². The van der Waals surface area contributed by atoms with E-state index in [9.17, 15) is 22.8 Å². The number of hydrogen-bond acceptors (Lipinski definition) is 5. The van der Waals surface area contributed by atoms with Gasteiger partial charge in [-0.2, -0.15) is 13.2 Å². The molecule has 0 radical (unpaired) electrons. The number of nitrogens with zero attached hydrogens (tertiary/aromatic N) is 2. The Morgan fingerprint density at radius 2 is 2.08 bits per heavy atom. The lowest BCUT2D eigenvalue weighted by Gasteiger charge is -2.14. The summed E-state index contributed by atoms with van der Waals surface area (Å²) in [5.41, 5.74) is 5.21. The number of primary amides is 1. The van der Waals surface area contributed by atoms with Crippen molar-refractivity contribution in [2.24, 2.45) is 11.7 Å². The molecule has 2 aromatic rings. The third-order valence-corrected chi connectivity index (χ3v) is 4.70. The fourth-order valence-corrected chi connectivity index (χ4v) is 3.41. The number of hydrogen-bond donors (Lipinski definition) is 2. The van der Waals surface area contributed by atoms with Gasteiger partial charge < -0.3 is 15.7 Å². The molecule has 2 amide bonds. The predicted octanol–water partition coefficient (Wildman–Crippen LogP) is 1.76. The first-order valence-corrected chi connectivity index (χ1v) is 8.12. The van der Waals surface area contributed by atoms with Crippen LogP contribution in [0.1, 0.15) is 11.3 Å². The van der Waals surface area contributed by atoms with Gasteiger partial charge in [0.2, 0.25) is 11.8 Å². The zero-order chi connectivity index (χ0) is 19.5. The number of fused-ring (bicyclic) bond motifs is 1. The zero-order valence-corrected chi connectivity index (χ0v) is 14.0. The topological polar surface area (TPSA) is 114 Å². The second-order valence-corrected chi connectivity index (χ2v) is 6.60. The van der Waals surface area contributed by atoms with Gasteiger partial charge in [-0.25, -0.2) is 4.79 Å². The summed E-state index contributed by atoms with van der Waals surface area (Å²) in [4.78, 5) is 38.9. The van der Waals surface area contributed by atoms with Crippen LogP contribution in [0.15, 0.2) is 24.5 Å². The number of aromatic nitrogens is 1. The second kappa shape index (κ2) is 7.68. The van der Waals surface area contributed by atoms with E-state index in [2.05, 4.69) is 4.98 Å². The highest BCUT2D eigenvalue weighted by atomic mass is 32.1. The van der Waals surface area contributed by atoms with Crippen molar-refractivity contribution in [2.45, 2.75) is 19.1 Å². The predicted molar refractivity (Wildman–Crippen MR) is 86.0 cm³/mol. The van der Waals surface area contributed by atoms with Gasteiger partial charge in [0, 0.05) is 33.9 Å². The van der Waals surface area contributed by atoms with Crippen LogP contribution in [0.25, 0.3) is 10.1 Å². The number of rotatable bonds is 3. The molecule has 0 unspecified atom stereocenters. The Kier molecular flexibility index (Phi) is 5.80. The van der Waals surface area contributed by atoms with Crippen LogP contribution in [0.3, 0.4) is 0 Å². The molecule has 11 heteroatoms. The van der Waals surface area contributed by atoms with Crippen molar-refractivity contribution in [1.29, 1.82) is 0 Å². The van der Waals surface area contributed by atoms with Crippen LogP contribution in [0.5, 0.6) is 0 Å². The third kappa shape index (κ3) is 4.69. The molecule has 0 aromatic carbocycles. The summed E-state index contributed by atoms with van der Waals surface area (Å²) >= 11 is 1.65. The number of carboxylic acids is 1. The number of halogens is 3. The number of likely N-dealkylation sites (tertiary alicyclic amines) is 1. The maximum absolute atomic E-state index is 12.0. The number of nitrogens with two attached hydrogens (primary N) is 1. The molecule has 2 aromatic heterocycles. The lowest BCUT2D eigenvalue weighted by Crippen LogP contribution is -2.32. The van der Waals surface area contributed by atoms with Gasteiger partial charge in [0.25, 0.3) is 0 Å². The standard InChI is InChI=1S/C13H13N3O2S.C2HF3O2/c14-12(17)10-2-4-16(13(10)18)7-9-5-8-6-15-3-1-11(8)19-9;3-2(4,5)1(6)7/h1,3,5-6,10H,2,4,7H2,(H2,14,17);(H,6,7)/t10-;/m0./s1. The minimum atomic E-state index is -5.08. The minimum absolute atomic E-state index is 0.150. The summed E-state index contributed by atoms with van der Waals surface area (Å²) < 4.78 is 32.9. The molecule has 0 aliphatic carbocycles. The summed E-state index contributed by atoms with van der Waals surface area (Å²) in [5, 5.41) is 8.21. The third-order valence-electron chi connectivity index (χ3n) is 3.60. The number of amides is 2. The second-order valence-electron chi connectivity index (χ2n) is 5.43. The van der Waals surface area contributed by atoms with Crippen molar-refractivity contribution in [3.05, 3.63) is 29.4 Å². The molecule has 0 saturated carbocycles. The van der Waals surface area contributed by atoms with Gasteiger partial charge in [-0.1, -0.05) is 0 Å². The number of alkyl halides is 3. The van der Waals surface area contributed by atoms with Gasteiger partial charge in [-0.15, -0.1) is 11.3 Å². The molecule has 1 aliphatic heterocycles. The number of carboxylic acid groups (broad SMARTS) is 1. The van der Waals surface area contributed by atoms with Crippen LogP contribution in [-0.2, 0) is 20.9 Å². The molecule has 0 bridgehead atoms. The highest BCUT2D eigenvalue weighted by Crippen LogP contribution is 2.28. The van der Waals surface area contributed by atoms with E-state index < -0.39 is 24.0 Å². The van der Waals surface area contributed by atoms with E-state index in [1.807, 2.05) is 18.3 Å². The SMILES string of the molecule is NC(=O)[C@@H]1CCN(Cc2cc3cnccc3s2)C1=O.O=C(O)C(F)(F)F. The molecule has 1 fully saturated rings.